The maximum absolute atomic E-state index is 5.52. The third-order valence-electron chi connectivity index (χ3n) is 2.12. The molecule has 0 bridgehead atoms. The molecule has 2 N–H and O–H groups in total. The van der Waals surface area contributed by atoms with Crippen LogP contribution in [0.4, 0.5) is 0 Å². The molecule has 1 heterocycles. The van der Waals surface area contributed by atoms with Crippen LogP contribution in [-0.2, 0) is 13.5 Å². The van der Waals surface area contributed by atoms with Crippen molar-refractivity contribution in [3.63, 3.8) is 0 Å². The normalized spacial score (nSPS) is 10.4. The summed E-state index contributed by atoms with van der Waals surface area (Å²) in [6.45, 7) is 0.620. The molecule has 0 saturated carbocycles. The molecule has 1 aromatic heterocycles. The lowest BCUT2D eigenvalue weighted by Crippen LogP contribution is -2.02. The molecule has 0 atom stereocenters. The van der Waals surface area contributed by atoms with Crippen molar-refractivity contribution >= 4 is 0 Å². The van der Waals surface area contributed by atoms with Gasteiger partial charge in [-0.1, -0.05) is 17.2 Å². The summed E-state index contributed by atoms with van der Waals surface area (Å²) in [6.07, 6.45) is 0.828. The summed E-state index contributed by atoms with van der Waals surface area (Å²) in [7, 11) is 1.72. The van der Waals surface area contributed by atoms with E-state index in [1.54, 1.807) is 7.05 Å². The summed E-state index contributed by atoms with van der Waals surface area (Å²) < 4.78 is 6.99. The molecule has 0 aliphatic heterocycles. The Morgan fingerprint density at radius 1 is 1.44 bits per heavy atom. The van der Waals surface area contributed by atoms with E-state index < -0.39 is 0 Å². The molecule has 0 spiro atoms. The summed E-state index contributed by atoms with van der Waals surface area (Å²) in [6, 6.07) is 8.08. The Bertz CT molecular complexity index is 468. The van der Waals surface area contributed by atoms with Crippen molar-refractivity contribution in [3.05, 3.63) is 29.8 Å². The number of hydrogen-bond acceptors (Lipinski definition) is 5. The Morgan fingerprint density at radius 2 is 2.31 bits per heavy atom. The maximum atomic E-state index is 5.52. The van der Waals surface area contributed by atoms with Crippen LogP contribution in [0.25, 0.3) is 0 Å². The lowest BCUT2D eigenvalue weighted by atomic mass is 10.1. The molecule has 1 aromatic carbocycles. The van der Waals surface area contributed by atoms with Crippen LogP contribution in [-0.4, -0.2) is 26.8 Å². The molecule has 6 nitrogen and oxygen atoms in total. The molecule has 84 valence electrons. The van der Waals surface area contributed by atoms with Crippen molar-refractivity contribution < 1.29 is 4.74 Å². The van der Waals surface area contributed by atoms with Crippen LogP contribution < -0.4 is 10.5 Å². The Kier molecular flexibility index (Phi) is 3.11. The predicted octanol–water partition coefficient (Wildman–Crippen LogP) is 0.504. The molecular formula is C10H13N5O. The molecule has 6 heteroatoms. The zero-order valence-corrected chi connectivity index (χ0v) is 9.00. The number of hydrogen-bond donors (Lipinski definition) is 1. The molecule has 0 aliphatic rings. The van der Waals surface area contributed by atoms with Crippen molar-refractivity contribution in [2.24, 2.45) is 12.8 Å². The Balaban J connectivity index is 2.15. The summed E-state index contributed by atoms with van der Waals surface area (Å²) in [4.78, 5) is 0. The summed E-state index contributed by atoms with van der Waals surface area (Å²) in [5.74, 6) is 0.712. The van der Waals surface area contributed by atoms with Gasteiger partial charge in [-0.15, -0.1) is 0 Å². The van der Waals surface area contributed by atoms with Crippen LogP contribution in [0.2, 0.25) is 0 Å². The zero-order valence-electron chi connectivity index (χ0n) is 9.00. The Morgan fingerprint density at radius 3 is 3.00 bits per heavy atom. The van der Waals surface area contributed by atoms with E-state index >= 15 is 0 Å². The second kappa shape index (κ2) is 4.71. The number of ether oxygens (including phenoxy) is 1. The third kappa shape index (κ3) is 2.34. The first-order chi connectivity index (χ1) is 7.79. The fourth-order valence-electron chi connectivity index (χ4n) is 1.34. The third-order valence-corrected chi connectivity index (χ3v) is 2.12. The van der Waals surface area contributed by atoms with Gasteiger partial charge in [0.2, 0.25) is 0 Å². The van der Waals surface area contributed by atoms with Crippen LogP contribution in [0.1, 0.15) is 5.56 Å². The summed E-state index contributed by atoms with van der Waals surface area (Å²) in [5.41, 5.74) is 6.63. The molecule has 0 saturated heterocycles. The molecule has 0 fully saturated rings. The number of tetrazole rings is 1. The van der Waals surface area contributed by atoms with Gasteiger partial charge in [0.25, 0.3) is 0 Å². The second-order valence-electron chi connectivity index (χ2n) is 3.37. The van der Waals surface area contributed by atoms with E-state index in [1.165, 1.54) is 4.68 Å². The van der Waals surface area contributed by atoms with Gasteiger partial charge in [-0.25, -0.2) is 0 Å². The van der Waals surface area contributed by atoms with Crippen molar-refractivity contribution in [3.8, 4) is 11.8 Å². The first kappa shape index (κ1) is 10.6. The predicted molar refractivity (Wildman–Crippen MR) is 58.1 cm³/mol. The SMILES string of the molecule is Cn1nnnc1Oc1cccc(CCN)c1. The molecule has 2 aromatic rings. The minimum atomic E-state index is 0.366. The van der Waals surface area contributed by atoms with Crippen molar-refractivity contribution in [1.29, 1.82) is 0 Å². The smallest absolute Gasteiger partial charge is 0.340 e. The van der Waals surface area contributed by atoms with Crippen LogP contribution in [0.5, 0.6) is 11.8 Å². The van der Waals surface area contributed by atoms with E-state index in [2.05, 4.69) is 15.5 Å². The van der Waals surface area contributed by atoms with Gasteiger partial charge >= 0.3 is 6.01 Å². The van der Waals surface area contributed by atoms with Gasteiger partial charge in [0.15, 0.2) is 0 Å². The topological polar surface area (TPSA) is 78.8 Å². The quantitative estimate of drug-likeness (QED) is 0.810. The first-order valence-corrected chi connectivity index (χ1v) is 4.99. The minimum Gasteiger partial charge on any atom is -0.423 e. The van der Waals surface area contributed by atoms with E-state index in [4.69, 9.17) is 10.5 Å². The lowest BCUT2D eigenvalue weighted by molar-refractivity contribution is 0.414. The number of benzene rings is 1. The number of aryl methyl sites for hydroxylation is 1. The fraction of sp³-hybridized carbons (Fsp3) is 0.300. The average Bonchev–Trinajstić information content (AvgIpc) is 2.66. The highest BCUT2D eigenvalue weighted by atomic mass is 16.5. The molecule has 2 rings (SSSR count). The first-order valence-electron chi connectivity index (χ1n) is 4.99. The highest BCUT2D eigenvalue weighted by molar-refractivity contribution is 5.30. The zero-order chi connectivity index (χ0) is 11.4. The van der Waals surface area contributed by atoms with E-state index in [1.807, 2.05) is 24.3 Å². The molecular weight excluding hydrogens is 206 g/mol. The van der Waals surface area contributed by atoms with Gasteiger partial charge in [-0.2, -0.15) is 4.68 Å². The number of nitrogens with two attached hydrogens (primary N) is 1. The largest absolute Gasteiger partial charge is 0.423 e. The fourth-order valence-corrected chi connectivity index (χ4v) is 1.34. The van der Waals surface area contributed by atoms with Crippen LogP contribution in [0.3, 0.4) is 0 Å². The Labute approximate surface area is 93.0 Å². The van der Waals surface area contributed by atoms with Gasteiger partial charge in [0.05, 0.1) is 0 Å². The van der Waals surface area contributed by atoms with Crippen LogP contribution in [0, 0.1) is 0 Å². The van der Waals surface area contributed by atoms with Gasteiger partial charge in [0.1, 0.15) is 5.75 Å². The van der Waals surface area contributed by atoms with Gasteiger partial charge in [-0.3, -0.25) is 0 Å². The van der Waals surface area contributed by atoms with Gasteiger partial charge < -0.3 is 10.5 Å². The van der Waals surface area contributed by atoms with Gasteiger partial charge in [0, 0.05) is 7.05 Å². The van der Waals surface area contributed by atoms with Crippen molar-refractivity contribution in [2.75, 3.05) is 6.54 Å². The minimum absolute atomic E-state index is 0.366. The van der Waals surface area contributed by atoms with E-state index in [-0.39, 0.29) is 0 Å². The number of aromatic nitrogens is 4. The van der Waals surface area contributed by atoms with E-state index in [0.29, 0.717) is 18.3 Å². The lowest BCUT2D eigenvalue weighted by Gasteiger charge is -2.04. The standard InChI is InChI=1S/C10H13N5O/c1-15-10(12-13-14-15)16-9-4-2-3-8(7-9)5-6-11/h2-4,7H,5-6,11H2,1H3. The highest BCUT2D eigenvalue weighted by Gasteiger charge is 2.04. The average molecular weight is 219 g/mol. The van der Waals surface area contributed by atoms with E-state index in [0.717, 1.165) is 12.0 Å². The highest BCUT2D eigenvalue weighted by Crippen LogP contribution is 2.19. The molecule has 16 heavy (non-hydrogen) atoms. The molecule has 0 aliphatic carbocycles. The molecule has 0 amide bonds. The van der Waals surface area contributed by atoms with Crippen LogP contribution >= 0.6 is 0 Å². The molecule has 0 unspecified atom stereocenters. The monoisotopic (exact) mass is 219 g/mol. The summed E-state index contributed by atoms with van der Waals surface area (Å²) >= 11 is 0. The van der Waals surface area contributed by atoms with E-state index in [9.17, 15) is 0 Å². The number of rotatable bonds is 4. The molecule has 0 radical (unpaired) electrons. The van der Waals surface area contributed by atoms with Crippen LogP contribution in [0.15, 0.2) is 24.3 Å². The van der Waals surface area contributed by atoms with Gasteiger partial charge in [-0.05, 0) is 41.1 Å². The summed E-state index contributed by atoms with van der Waals surface area (Å²) in [5, 5.41) is 10.9. The maximum Gasteiger partial charge on any atom is 0.340 e. The second-order valence-corrected chi connectivity index (χ2v) is 3.37. The van der Waals surface area contributed by atoms with Crippen molar-refractivity contribution in [2.45, 2.75) is 6.42 Å². The Hall–Kier alpha value is -1.95. The number of nitrogens with zero attached hydrogens (tertiary/aromatic N) is 4. The van der Waals surface area contributed by atoms with Crippen molar-refractivity contribution in [1.82, 2.24) is 20.2 Å².